The lowest BCUT2D eigenvalue weighted by Crippen LogP contribution is -2.29. The van der Waals surface area contributed by atoms with Crippen LogP contribution >= 0.6 is 11.3 Å². The number of hydrogen-bond acceptors (Lipinski definition) is 4. The Balaban J connectivity index is 1.68. The molecule has 0 N–H and O–H groups in total. The molecule has 0 fully saturated rings. The van der Waals surface area contributed by atoms with Crippen molar-refractivity contribution >= 4 is 27.5 Å². The predicted molar refractivity (Wildman–Crippen MR) is 78.3 cm³/mol. The second-order valence-electron chi connectivity index (χ2n) is 4.56. The van der Waals surface area contributed by atoms with E-state index in [2.05, 4.69) is 9.97 Å². The molecule has 102 valence electrons. The molecule has 1 amide bonds. The molecule has 2 aromatic heterocycles. The first-order chi connectivity index (χ1) is 9.72. The fraction of sp³-hybridized carbons (Fsp3) is 0.214. The quantitative estimate of drug-likeness (QED) is 0.738. The van der Waals surface area contributed by atoms with Crippen molar-refractivity contribution in [2.45, 2.75) is 13.1 Å². The third kappa shape index (κ3) is 2.70. The van der Waals surface area contributed by atoms with Gasteiger partial charge in [0, 0.05) is 19.4 Å². The van der Waals surface area contributed by atoms with Crippen LogP contribution in [-0.4, -0.2) is 32.4 Å². The molecular formula is C14H14N4OS. The normalized spacial score (nSPS) is 10.8. The Morgan fingerprint density at radius 1 is 1.40 bits per heavy atom. The third-order valence-electron chi connectivity index (χ3n) is 3.01. The molecule has 0 spiro atoms. The van der Waals surface area contributed by atoms with Crippen molar-refractivity contribution in [3.63, 3.8) is 0 Å². The van der Waals surface area contributed by atoms with E-state index in [9.17, 15) is 4.79 Å². The van der Waals surface area contributed by atoms with Gasteiger partial charge in [0.15, 0.2) is 0 Å². The zero-order valence-corrected chi connectivity index (χ0v) is 11.9. The van der Waals surface area contributed by atoms with E-state index in [1.165, 1.54) is 0 Å². The van der Waals surface area contributed by atoms with Crippen molar-refractivity contribution in [3.8, 4) is 0 Å². The molecule has 0 aliphatic heterocycles. The van der Waals surface area contributed by atoms with Gasteiger partial charge in [-0.3, -0.25) is 4.79 Å². The van der Waals surface area contributed by atoms with Crippen molar-refractivity contribution in [2.24, 2.45) is 0 Å². The summed E-state index contributed by atoms with van der Waals surface area (Å²) in [5.41, 5.74) is 0.989. The van der Waals surface area contributed by atoms with Crippen LogP contribution in [0.1, 0.15) is 5.01 Å². The van der Waals surface area contributed by atoms with Crippen molar-refractivity contribution in [1.82, 2.24) is 19.4 Å². The highest BCUT2D eigenvalue weighted by atomic mass is 32.1. The van der Waals surface area contributed by atoms with Crippen LogP contribution in [0.4, 0.5) is 0 Å². The molecule has 0 saturated heterocycles. The number of carbonyl (C=O) groups excluding carboxylic acids is 1. The summed E-state index contributed by atoms with van der Waals surface area (Å²) in [5.74, 6) is 0.0438. The van der Waals surface area contributed by atoms with Crippen LogP contribution in [0.5, 0.6) is 0 Å². The zero-order valence-electron chi connectivity index (χ0n) is 11.1. The largest absolute Gasteiger partial charge is 0.337 e. The number of fused-ring (bicyclic) bond motifs is 1. The lowest BCUT2D eigenvalue weighted by molar-refractivity contribution is -0.131. The Bertz CT molecular complexity index is 687. The molecular weight excluding hydrogens is 272 g/mol. The summed E-state index contributed by atoms with van der Waals surface area (Å²) in [4.78, 5) is 22.2. The highest BCUT2D eigenvalue weighted by molar-refractivity contribution is 7.18. The second kappa shape index (κ2) is 5.42. The SMILES string of the molecule is CN(Cc1nc2ccccc2s1)C(=O)Cn1ccnc1. The minimum absolute atomic E-state index is 0.0438. The third-order valence-corrected chi connectivity index (χ3v) is 4.03. The summed E-state index contributed by atoms with van der Waals surface area (Å²) < 4.78 is 2.91. The summed E-state index contributed by atoms with van der Waals surface area (Å²) in [5, 5.41) is 0.952. The number of para-hydroxylation sites is 1. The summed E-state index contributed by atoms with van der Waals surface area (Å²) in [6.45, 7) is 0.842. The van der Waals surface area contributed by atoms with E-state index < -0.39 is 0 Å². The van der Waals surface area contributed by atoms with E-state index in [1.54, 1.807) is 46.6 Å². The molecule has 0 aliphatic carbocycles. The van der Waals surface area contributed by atoms with Crippen molar-refractivity contribution in [1.29, 1.82) is 0 Å². The summed E-state index contributed by atoms with van der Waals surface area (Å²) in [6, 6.07) is 8.00. The van der Waals surface area contributed by atoms with Crippen molar-refractivity contribution < 1.29 is 4.79 Å². The van der Waals surface area contributed by atoms with Crippen LogP contribution in [0, 0.1) is 0 Å². The van der Waals surface area contributed by atoms with E-state index >= 15 is 0 Å². The molecule has 0 atom stereocenters. The number of nitrogens with zero attached hydrogens (tertiary/aromatic N) is 4. The Morgan fingerprint density at radius 2 is 2.25 bits per heavy atom. The smallest absolute Gasteiger partial charge is 0.242 e. The Kier molecular flexibility index (Phi) is 3.47. The van der Waals surface area contributed by atoms with E-state index in [4.69, 9.17) is 0 Å². The maximum atomic E-state index is 12.1. The van der Waals surface area contributed by atoms with Crippen molar-refractivity contribution in [2.75, 3.05) is 7.05 Å². The van der Waals surface area contributed by atoms with Crippen LogP contribution in [0.25, 0.3) is 10.2 Å². The van der Waals surface area contributed by atoms with E-state index in [0.717, 1.165) is 15.2 Å². The summed E-state index contributed by atoms with van der Waals surface area (Å²) in [7, 11) is 1.80. The number of rotatable bonds is 4. The Labute approximate surface area is 120 Å². The maximum Gasteiger partial charge on any atom is 0.242 e. The van der Waals surface area contributed by atoms with Crippen LogP contribution < -0.4 is 0 Å². The number of aromatic nitrogens is 3. The fourth-order valence-corrected chi connectivity index (χ4v) is 2.96. The van der Waals surface area contributed by atoms with Gasteiger partial charge < -0.3 is 9.47 Å². The lowest BCUT2D eigenvalue weighted by Gasteiger charge is -2.15. The van der Waals surface area contributed by atoms with Gasteiger partial charge in [0.2, 0.25) is 5.91 Å². The van der Waals surface area contributed by atoms with Gasteiger partial charge in [0.05, 0.1) is 23.1 Å². The number of benzene rings is 1. The molecule has 3 aromatic rings. The van der Waals surface area contributed by atoms with Crippen LogP contribution in [0.3, 0.4) is 0 Å². The van der Waals surface area contributed by atoms with Gasteiger partial charge in [0.25, 0.3) is 0 Å². The van der Waals surface area contributed by atoms with Gasteiger partial charge in [-0.15, -0.1) is 11.3 Å². The van der Waals surface area contributed by atoms with Gasteiger partial charge >= 0.3 is 0 Å². The van der Waals surface area contributed by atoms with E-state index in [0.29, 0.717) is 13.1 Å². The number of amides is 1. The predicted octanol–water partition coefficient (Wildman–Crippen LogP) is 2.15. The minimum atomic E-state index is 0.0438. The molecule has 1 aromatic carbocycles. The molecule has 6 heteroatoms. The number of thiazole rings is 1. The first-order valence-electron chi connectivity index (χ1n) is 6.26. The molecule has 0 unspecified atom stereocenters. The molecule has 5 nitrogen and oxygen atoms in total. The van der Waals surface area contributed by atoms with Gasteiger partial charge in [-0.2, -0.15) is 0 Å². The monoisotopic (exact) mass is 286 g/mol. The number of hydrogen-bond donors (Lipinski definition) is 0. The van der Waals surface area contributed by atoms with Crippen LogP contribution in [0.2, 0.25) is 0 Å². The van der Waals surface area contributed by atoms with Gasteiger partial charge in [0.1, 0.15) is 11.6 Å². The second-order valence-corrected chi connectivity index (χ2v) is 5.68. The van der Waals surface area contributed by atoms with Crippen LogP contribution in [-0.2, 0) is 17.9 Å². The Morgan fingerprint density at radius 3 is 3.00 bits per heavy atom. The first kappa shape index (κ1) is 12.8. The molecule has 0 radical (unpaired) electrons. The van der Waals surface area contributed by atoms with Gasteiger partial charge in [-0.05, 0) is 12.1 Å². The molecule has 2 heterocycles. The number of imidazole rings is 1. The molecule has 20 heavy (non-hydrogen) atoms. The average molecular weight is 286 g/mol. The summed E-state index contributed by atoms with van der Waals surface area (Å²) >= 11 is 1.63. The highest BCUT2D eigenvalue weighted by Crippen LogP contribution is 2.22. The number of likely N-dealkylation sites (N-methyl/N-ethyl adjacent to an activating group) is 1. The highest BCUT2D eigenvalue weighted by Gasteiger charge is 2.12. The molecule has 0 saturated carbocycles. The Hall–Kier alpha value is -2.21. The lowest BCUT2D eigenvalue weighted by atomic mass is 10.3. The zero-order chi connectivity index (χ0) is 13.9. The van der Waals surface area contributed by atoms with Gasteiger partial charge in [-0.1, -0.05) is 12.1 Å². The molecule has 0 aliphatic rings. The summed E-state index contributed by atoms with van der Waals surface area (Å²) in [6.07, 6.45) is 5.09. The first-order valence-corrected chi connectivity index (χ1v) is 7.08. The minimum Gasteiger partial charge on any atom is -0.337 e. The standard InChI is InChI=1S/C14H14N4OS/c1-17(14(19)9-18-7-6-15-10-18)8-13-16-11-4-2-3-5-12(11)20-13/h2-7,10H,8-9H2,1H3. The molecule has 0 bridgehead atoms. The average Bonchev–Trinajstić information content (AvgIpc) is 3.06. The topological polar surface area (TPSA) is 51.0 Å². The number of carbonyl (C=O) groups is 1. The van der Waals surface area contributed by atoms with E-state index in [1.807, 2.05) is 24.3 Å². The molecule has 3 rings (SSSR count). The maximum absolute atomic E-state index is 12.1. The van der Waals surface area contributed by atoms with Gasteiger partial charge in [-0.25, -0.2) is 9.97 Å². The van der Waals surface area contributed by atoms with E-state index in [-0.39, 0.29) is 5.91 Å². The van der Waals surface area contributed by atoms with Crippen LogP contribution in [0.15, 0.2) is 43.0 Å². The fourth-order valence-electron chi connectivity index (χ4n) is 1.94. The van der Waals surface area contributed by atoms with Crippen molar-refractivity contribution in [3.05, 3.63) is 48.0 Å².